The van der Waals surface area contributed by atoms with Crippen molar-refractivity contribution >= 4 is 27.7 Å². The van der Waals surface area contributed by atoms with Gasteiger partial charge in [0.15, 0.2) is 0 Å². The maximum absolute atomic E-state index is 14.4. The second-order valence-corrected chi connectivity index (χ2v) is 9.32. The number of sulfonamides is 1. The van der Waals surface area contributed by atoms with E-state index in [1.165, 1.54) is 18.2 Å². The number of aromatic nitrogens is 1. The number of nitrogens with one attached hydrogen (secondary N) is 2. The molecule has 1 aromatic heterocycles. The van der Waals surface area contributed by atoms with E-state index in [4.69, 9.17) is 6.42 Å². The van der Waals surface area contributed by atoms with Gasteiger partial charge in [0.2, 0.25) is 15.9 Å². The third-order valence-corrected chi connectivity index (χ3v) is 5.31. The van der Waals surface area contributed by atoms with Crippen LogP contribution < -0.4 is 10.0 Å². The van der Waals surface area contributed by atoms with Crippen molar-refractivity contribution in [3.8, 4) is 23.6 Å². The molecule has 0 bridgehead atoms. The van der Waals surface area contributed by atoms with Gasteiger partial charge in [-0.3, -0.25) is 9.52 Å². The number of carbonyl (C=O) groups excluding carboxylic acids is 1. The Hall–Kier alpha value is -4.17. The molecule has 2 aromatic carbocycles. The van der Waals surface area contributed by atoms with Gasteiger partial charge in [0.05, 0.1) is 23.2 Å². The fourth-order valence-corrected chi connectivity index (χ4v) is 3.75. The Kier molecular flexibility index (Phi) is 7.80. The fraction of sp³-hybridized carbons (Fsp3) is 0.120. The number of alkyl halides is 3. The summed E-state index contributed by atoms with van der Waals surface area (Å²) in [7, 11) is -3.77. The molecular weight excluding hydrogens is 498 g/mol. The number of hydrogen-bond acceptors (Lipinski definition) is 4. The molecular formula is C25H19F4N3O3S. The Labute approximate surface area is 205 Å². The van der Waals surface area contributed by atoms with Crippen molar-refractivity contribution in [2.75, 3.05) is 11.0 Å². The van der Waals surface area contributed by atoms with Crippen LogP contribution in [-0.4, -0.2) is 25.6 Å². The molecule has 36 heavy (non-hydrogen) atoms. The van der Waals surface area contributed by atoms with Crippen LogP contribution in [-0.2, 0) is 27.5 Å². The second-order valence-electron chi connectivity index (χ2n) is 7.57. The molecule has 6 nitrogen and oxygen atoms in total. The molecule has 2 N–H and O–H groups in total. The normalized spacial score (nSPS) is 11.8. The van der Waals surface area contributed by atoms with Crippen molar-refractivity contribution in [3.05, 3.63) is 88.9 Å². The summed E-state index contributed by atoms with van der Waals surface area (Å²) < 4.78 is 78.7. The minimum absolute atomic E-state index is 0.0455. The maximum Gasteiger partial charge on any atom is 0.433 e. The van der Waals surface area contributed by atoms with Crippen molar-refractivity contribution in [2.24, 2.45) is 0 Å². The first-order chi connectivity index (χ1) is 16.9. The maximum atomic E-state index is 14.4. The van der Waals surface area contributed by atoms with Gasteiger partial charge < -0.3 is 5.32 Å². The summed E-state index contributed by atoms with van der Waals surface area (Å²) in [4.78, 5) is 16.1. The zero-order chi connectivity index (χ0) is 26.5. The van der Waals surface area contributed by atoms with Gasteiger partial charge in [0.25, 0.3) is 0 Å². The van der Waals surface area contributed by atoms with Gasteiger partial charge >= 0.3 is 6.18 Å². The molecule has 0 radical (unpaired) electrons. The quantitative estimate of drug-likeness (QED) is 0.273. The lowest BCUT2D eigenvalue weighted by atomic mass is 10.0. The number of carbonyl (C=O) groups is 1. The lowest BCUT2D eigenvalue weighted by Crippen LogP contribution is -2.21. The van der Waals surface area contributed by atoms with E-state index in [0.29, 0.717) is 5.56 Å². The largest absolute Gasteiger partial charge is 0.433 e. The topological polar surface area (TPSA) is 88.2 Å². The molecule has 1 amide bonds. The van der Waals surface area contributed by atoms with Crippen LogP contribution in [0, 0.1) is 18.2 Å². The third-order valence-electron chi connectivity index (χ3n) is 4.74. The standard InChI is InChI=1S/C25H19F4N3O3S/c1-3-17-13-16(14-20(26)24(17)32-36(2,34)35)15-30-22(33)12-10-19-9-11-21(25(27,28)29)31-23(19)18-7-5-4-6-8-18/h1,4-14,32H,15H2,2H3,(H,30,33). The predicted molar refractivity (Wildman–Crippen MR) is 128 cm³/mol. The highest BCUT2D eigenvalue weighted by Crippen LogP contribution is 2.31. The molecule has 0 atom stereocenters. The van der Waals surface area contributed by atoms with Crippen LogP contribution in [0.15, 0.2) is 60.7 Å². The summed E-state index contributed by atoms with van der Waals surface area (Å²) in [6, 6.07) is 12.6. The molecule has 0 aliphatic carbocycles. The van der Waals surface area contributed by atoms with Gasteiger partial charge in [-0.2, -0.15) is 13.2 Å². The molecule has 11 heteroatoms. The van der Waals surface area contributed by atoms with Gasteiger partial charge in [-0.25, -0.2) is 17.8 Å². The van der Waals surface area contributed by atoms with Crippen molar-refractivity contribution in [2.45, 2.75) is 12.7 Å². The molecule has 0 spiro atoms. The Morgan fingerprint density at radius 2 is 1.83 bits per heavy atom. The number of nitrogens with zero attached hydrogens (tertiary/aromatic N) is 1. The number of terminal acetylenes is 1. The van der Waals surface area contributed by atoms with Crippen LogP contribution in [0.1, 0.15) is 22.4 Å². The first kappa shape index (κ1) is 26.4. The summed E-state index contributed by atoms with van der Waals surface area (Å²) in [5, 5.41) is 2.51. The number of anilines is 1. The molecule has 0 fully saturated rings. The number of halogens is 4. The predicted octanol–water partition coefficient (Wildman–Crippen LogP) is 4.59. The van der Waals surface area contributed by atoms with Gasteiger partial charge in [0.1, 0.15) is 11.5 Å². The first-order valence-corrected chi connectivity index (χ1v) is 12.1. The molecule has 0 saturated carbocycles. The monoisotopic (exact) mass is 517 g/mol. The number of pyridine rings is 1. The Balaban J connectivity index is 1.80. The molecule has 0 unspecified atom stereocenters. The highest BCUT2D eigenvalue weighted by atomic mass is 32.2. The first-order valence-electron chi connectivity index (χ1n) is 10.2. The van der Waals surface area contributed by atoms with E-state index < -0.39 is 33.6 Å². The minimum atomic E-state index is -4.64. The highest BCUT2D eigenvalue weighted by Gasteiger charge is 2.33. The molecule has 0 aliphatic rings. The van der Waals surface area contributed by atoms with Crippen LogP contribution in [0.4, 0.5) is 23.2 Å². The van der Waals surface area contributed by atoms with Crippen LogP contribution in [0.2, 0.25) is 0 Å². The van der Waals surface area contributed by atoms with Crippen LogP contribution in [0.3, 0.4) is 0 Å². The van der Waals surface area contributed by atoms with Crippen molar-refractivity contribution < 1.29 is 30.8 Å². The van der Waals surface area contributed by atoms with E-state index in [9.17, 15) is 30.8 Å². The van der Waals surface area contributed by atoms with Gasteiger partial charge in [0, 0.05) is 23.7 Å². The summed E-state index contributed by atoms with van der Waals surface area (Å²) in [6.07, 6.45) is 3.98. The Bertz CT molecular complexity index is 1460. The van der Waals surface area contributed by atoms with E-state index in [-0.39, 0.29) is 34.6 Å². The highest BCUT2D eigenvalue weighted by molar-refractivity contribution is 7.92. The molecule has 3 rings (SSSR count). The Morgan fingerprint density at radius 1 is 1.14 bits per heavy atom. The van der Waals surface area contributed by atoms with E-state index in [1.54, 1.807) is 30.3 Å². The van der Waals surface area contributed by atoms with Gasteiger partial charge in [-0.05, 0) is 29.8 Å². The lowest BCUT2D eigenvalue weighted by Gasteiger charge is -2.11. The number of benzene rings is 2. The fourth-order valence-electron chi connectivity index (χ4n) is 3.17. The SMILES string of the molecule is C#Cc1cc(CNC(=O)C=Cc2ccc(C(F)(F)F)nc2-c2ccccc2)cc(F)c1NS(C)(=O)=O. The van der Waals surface area contributed by atoms with Crippen LogP contribution in [0.25, 0.3) is 17.3 Å². The Morgan fingerprint density at radius 3 is 2.44 bits per heavy atom. The number of rotatable bonds is 7. The summed E-state index contributed by atoms with van der Waals surface area (Å²) >= 11 is 0. The van der Waals surface area contributed by atoms with Crippen molar-refractivity contribution in [3.63, 3.8) is 0 Å². The summed E-state index contributed by atoms with van der Waals surface area (Å²) in [5.41, 5.74) is -0.471. The number of hydrogen-bond donors (Lipinski definition) is 2. The second kappa shape index (κ2) is 10.6. The molecule has 1 heterocycles. The lowest BCUT2D eigenvalue weighted by molar-refractivity contribution is -0.141. The third kappa shape index (κ3) is 6.93. The van der Waals surface area contributed by atoms with Crippen molar-refractivity contribution in [1.82, 2.24) is 10.3 Å². The van der Waals surface area contributed by atoms with Gasteiger partial charge in [-0.15, -0.1) is 6.42 Å². The van der Waals surface area contributed by atoms with E-state index >= 15 is 0 Å². The van der Waals surface area contributed by atoms with Gasteiger partial charge in [-0.1, -0.05) is 42.3 Å². The van der Waals surface area contributed by atoms with E-state index in [1.807, 2.05) is 4.72 Å². The zero-order valence-electron chi connectivity index (χ0n) is 18.7. The summed E-state index contributed by atoms with van der Waals surface area (Å²) in [5.74, 6) is 0.656. The zero-order valence-corrected chi connectivity index (χ0v) is 19.5. The molecule has 0 saturated heterocycles. The molecule has 3 aromatic rings. The summed E-state index contributed by atoms with van der Waals surface area (Å²) in [6.45, 7) is -0.148. The molecule has 186 valence electrons. The van der Waals surface area contributed by atoms with Crippen LogP contribution in [0.5, 0.6) is 0 Å². The van der Waals surface area contributed by atoms with E-state index in [0.717, 1.165) is 24.5 Å². The average Bonchev–Trinajstić information content (AvgIpc) is 2.82. The molecule has 0 aliphatic heterocycles. The van der Waals surface area contributed by atoms with E-state index in [2.05, 4.69) is 16.2 Å². The van der Waals surface area contributed by atoms with Crippen molar-refractivity contribution in [1.29, 1.82) is 0 Å². The minimum Gasteiger partial charge on any atom is -0.348 e. The number of amides is 1. The smallest absolute Gasteiger partial charge is 0.348 e. The average molecular weight is 518 g/mol. The van der Waals surface area contributed by atoms with Crippen LogP contribution >= 0.6 is 0 Å².